The number of hydrogen-bond acceptors (Lipinski definition) is 5. The van der Waals surface area contributed by atoms with Crippen LogP contribution in [0.2, 0.25) is 0 Å². The monoisotopic (exact) mass is 346 g/mol. The van der Waals surface area contributed by atoms with Crippen molar-refractivity contribution in [2.45, 2.75) is 38.0 Å². The van der Waals surface area contributed by atoms with E-state index in [0.717, 1.165) is 12.0 Å². The zero-order valence-corrected chi connectivity index (χ0v) is 15.4. The zero-order chi connectivity index (χ0) is 18.2. The minimum absolute atomic E-state index is 0.0780. The third-order valence-corrected chi connectivity index (χ3v) is 6.30. The van der Waals surface area contributed by atoms with Gasteiger partial charge < -0.3 is 14.2 Å². The van der Waals surface area contributed by atoms with E-state index in [2.05, 4.69) is 0 Å². The van der Waals surface area contributed by atoms with Crippen LogP contribution in [0.5, 0.6) is 11.5 Å². The van der Waals surface area contributed by atoms with Crippen molar-refractivity contribution in [2.24, 2.45) is 11.3 Å². The quantitative estimate of drug-likeness (QED) is 0.741. The highest BCUT2D eigenvalue weighted by atomic mass is 16.5. The van der Waals surface area contributed by atoms with E-state index in [1.807, 2.05) is 25.1 Å². The lowest BCUT2D eigenvalue weighted by atomic mass is 9.58. The topological polar surface area (TPSA) is 61.8 Å². The molecule has 0 amide bonds. The van der Waals surface area contributed by atoms with Crippen LogP contribution < -0.4 is 9.47 Å². The van der Waals surface area contributed by atoms with Gasteiger partial charge in [-0.1, -0.05) is 6.07 Å². The summed E-state index contributed by atoms with van der Waals surface area (Å²) in [6, 6.07) is 5.71. The van der Waals surface area contributed by atoms with Crippen LogP contribution in [0.1, 0.15) is 38.2 Å². The molecule has 2 aliphatic carbocycles. The molecule has 0 spiro atoms. The second kappa shape index (κ2) is 6.45. The highest BCUT2D eigenvalue weighted by Crippen LogP contribution is 2.58. The van der Waals surface area contributed by atoms with Gasteiger partial charge in [0.2, 0.25) is 0 Å². The Balaban J connectivity index is 2.13. The van der Waals surface area contributed by atoms with Crippen LogP contribution in [0, 0.1) is 11.3 Å². The Kier molecular flexibility index (Phi) is 4.62. The second-order valence-electron chi connectivity index (χ2n) is 7.34. The van der Waals surface area contributed by atoms with Crippen LogP contribution in [-0.2, 0) is 19.7 Å². The van der Waals surface area contributed by atoms with Gasteiger partial charge in [-0.2, -0.15) is 0 Å². The molecule has 2 fully saturated rings. The number of ether oxygens (including phenoxy) is 3. The number of hydrogen-bond donors (Lipinski definition) is 0. The Hall–Kier alpha value is -1.88. The molecule has 0 unspecified atom stereocenters. The third kappa shape index (κ3) is 2.56. The fourth-order valence-corrected chi connectivity index (χ4v) is 4.63. The lowest BCUT2D eigenvalue weighted by Crippen LogP contribution is -2.47. The maximum Gasteiger partial charge on any atom is 0.150 e. The van der Waals surface area contributed by atoms with E-state index in [-0.39, 0.29) is 17.5 Å². The molecule has 0 radical (unpaired) electrons. The summed E-state index contributed by atoms with van der Waals surface area (Å²) in [5.41, 5.74) is -0.264. The molecule has 3 rings (SSSR count). The Morgan fingerprint density at radius 2 is 1.88 bits per heavy atom. The van der Waals surface area contributed by atoms with Crippen molar-refractivity contribution in [1.29, 1.82) is 0 Å². The van der Waals surface area contributed by atoms with Crippen LogP contribution in [0.25, 0.3) is 0 Å². The predicted molar refractivity (Wildman–Crippen MR) is 93.2 cm³/mol. The number of Topliss-reactive ketones (excluding diaryl/α,β-unsaturated/α-hetero) is 2. The van der Waals surface area contributed by atoms with E-state index in [1.54, 1.807) is 21.3 Å². The van der Waals surface area contributed by atoms with Crippen LogP contribution in [0.15, 0.2) is 18.2 Å². The number of carbonyl (C=O) groups is 2. The summed E-state index contributed by atoms with van der Waals surface area (Å²) < 4.78 is 16.3. The number of methoxy groups -OCH3 is 3. The van der Waals surface area contributed by atoms with Crippen LogP contribution >= 0.6 is 0 Å². The van der Waals surface area contributed by atoms with Crippen molar-refractivity contribution >= 4 is 11.6 Å². The first kappa shape index (κ1) is 17.9. The van der Waals surface area contributed by atoms with Gasteiger partial charge in [-0.15, -0.1) is 0 Å². The van der Waals surface area contributed by atoms with Crippen molar-refractivity contribution in [1.82, 2.24) is 0 Å². The first-order valence-electron chi connectivity index (χ1n) is 8.72. The van der Waals surface area contributed by atoms with E-state index < -0.39 is 10.8 Å². The smallest absolute Gasteiger partial charge is 0.150 e. The minimum atomic E-state index is -0.805. The van der Waals surface area contributed by atoms with E-state index in [9.17, 15) is 9.59 Å². The Labute approximate surface area is 148 Å². The van der Waals surface area contributed by atoms with Gasteiger partial charge in [-0.25, -0.2) is 0 Å². The molecule has 0 saturated heterocycles. The molecule has 0 aromatic heterocycles. The van der Waals surface area contributed by atoms with E-state index in [1.165, 1.54) is 0 Å². The van der Waals surface area contributed by atoms with Crippen LogP contribution in [-0.4, -0.2) is 39.5 Å². The first-order valence-corrected chi connectivity index (χ1v) is 8.72. The number of ketones is 2. The fraction of sp³-hybridized carbons (Fsp3) is 0.600. The van der Waals surface area contributed by atoms with Gasteiger partial charge in [0.1, 0.15) is 17.3 Å². The number of fused-ring (bicyclic) bond motifs is 2. The lowest BCUT2D eigenvalue weighted by Gasteiger charge is -2.44. The molecule has 2 saturated carbocycles. The molecule has 136 valence electrons. The SMILES string of the molecule is COCC[C@]1(c2ccc(OC)cc2OC)CC[C@]2(C)C(=O)C[C@H]1C2=O. The average molecular weight is 346 g/mol. The molecule has 1 aromatic rings. The number of benzene rings is 1. The summed E-state index contributed by atoms with van der Waals surface area (Å²) in [7, 11) is 4.89. The van der Waals surface area contributed by atoms with Crippen molar-refractivity contribution < 1.29 is 23.8 Å². The summed E-state index contributed by atoms with van der Waals surface area (Å²) in [6.45, 7) is 2.34. The molecule has 0 N–H and O–H groups in total. The third-order valence-electron chi connectivity index (χ3n) is 6.30. The van der Waals surface area contributed by atoms with Gasteiger partial charge in [-0.3, -0.25) is 9.59 Å². The molecular formula is C20H26O5. The highest BCUT2D eigenvalue weighted by molar-refractivity contribution is 6.15. The Morgan fingerprint density at radius 3 is 2.52 bits per heavy atom. The van der Waals surface area contributed by atoms with Crippen LogP contribution in [0.4, 0.5) is 0 Å². The molecule has 25 heavy (non-hydrogen) atoms. The summed E-state index contributed by atoms with van der Waals surface area (Å²) in [4.78, 5) is 25.6. The van der Waals surface area contributed by atoms with Crippen molar-refractivity contribution in [3.63, 3.8) is 0 Å². The van der Waals surface area contributed by atoms with Gasteiger partial charge in [0, 0.05) is 43.1 Å². The van der Waals surface area contributed by atoms with Crippen molar-refractivity contribution in [3.8, 4) is 11.5 Å². The molecule has 5 heteroatoms. The van der Waals surface area contributed by atoms with Crippen molar-refractivity contribution in [2.75, 3.05) is 27.9 Å². The molecule has 2 aliphatic rings. The maximum absolute atomic E-state index is 13.1. The van der Waals surface area contributed by atoms with Crippen molar-refractivity contribution in [3.05, 3.63) is 23.8 Å². The first-order chi connectivity index (χ1) is 11.9. The molecule has 5 nitrogen and oxygen atoms in total. The molecule has 2 bridgehead atoms. The second-order valence-corrected chi connectivity index (χ2v) is 7.34. The van der Waals surface area contributed by atoms with Crippen LogP contribution in [0.3, 0.4) is 0 Å². The highest BCUT2D eigenvalue weighted by Gasteiger charge is 2.62. The normalized spacial score (nSPS) is 31.3. The van der Waals surface area contributed by atoms with Gasteiger partial charge in [0.05, 0.1) is 19.6 Å². The summed E-state index contributed by atoms with van der Waals surface area (Å²) >= 11 is 0. The van der Waals surface area contributed by atoms with E-state index >= 15 is 0 Å². The summed E-state index contributed by atoms with van der Waals surface area (Å²) in [5.74, 6) is 1.26. The van der Waals surface area contributed by atoms with E-state index in [0.29, 0.717) is 37.4 Å². The molecule has 3 atom stereocenters. The Morgan fingerprint density at radius 1 is 1.12 bits per heavy atom. The van der Waals surface area contributed by atoms with Gasteiger partial charge in [0.15, 0.2) is 5.78 Å². The molecule has 0 aliphatic heterocycles. The van der Waals surface area contributed by atoms with Gasteiger partial charge >= 0.3 is 0 Å². The predicted octanol–water partition coefficient (Wildman–Crippen LogP) is 2.94. The van der Waals surface area contributed by atoms with E-state index in [4.69, 9.17) is 14.2 Å². The zero-order valence-electron chi connectivity index (χ0n) is 15.4. The Bertz CT molecular complexity index is 697. The number of rotatable bonds is 6. The molecule has 1 aromatic carbocycles. The summed E-state index contributed by atoms with van der Waals surface area (Å²) in [5, 5.41) is 0. The number of carbonyl (C=O) groups excluding carboxylic acids is 2. The maximum atomic E-state index is 13.1. The average Bonchev–Trinajstić information content (AvgIpc) is 2.79. The summed E-state index contributed by atoms with van der Waals surface area (Å²) in [6.07, 6.45) is 2.36. The standard InChI is InChI=1S/C20H26O5/c1-19-7-8-20(9-10-23-2,15(18(19)22)12-17(19)21)14-6-5-13(24-3)11-16(14)25-4/h5-6,11,15H,7-10,12H2,1-4H3/t15-,19+,20-/m0/s1. The van der Waals surface area contributed by atoms with Gasteiger partial charge in [0.25, 0.3) is 0 Å². The van der Waals surface area contributed by atoms with Gasteiger partial charge in [-0.05, 0) is 32.3 Å². The molecule has 0 heterocycles. The largest absolute Gasteiger partial charge is 0.497 e. The molecular weight excluding hydrogens is 320 g/mol. The fourth-order valence-electron chi connectivity index (χ4n) is 4.63. The minimum Gasteiger partial charge on any atom is -0.497 e. The lowest BCUT2D eigenvalue weighted by molar-refractivity contribution is -0.138.